The van der Waals surface area contributed by atoms with Gasteiger partial charge in [0.1, 0.15) is 12.4 Å². The third-order valence-corrected chi connectivity index (χ3v) is 4.06. The van der Waals surface area contributed by atoms with E-state index in [1.165, 1.54) is 7.11 Å². The molecule has 0 saturated heterocycles. The van der Waals surface area contributed by atoms with E-state index in [0.717, 1.165) is 11.1 Å². The summed E-state index contributed by atoms with van der Waals surface area (Å²) >= 11 is 5.19. The monoisotopic (exact) mass is 415 g/mol. The number of hydrogen-bond acceptors (Lipinski definition) is 6. The van der Waals surface area contributed by atoms with Gasteiger partial charge in [-0.1, -0.05) is 24.3 Å². The van der Waals surface area contributed by atoms with Crippen LogP contribution in [-0.2, 0) is 16.1 Å². The van der Waals surface area contributed by atoms with Crippen LogP contribution in [0.3, 0.4) is 0 Å². The number of benzene rings is 2. The van der Waals surface area contributed by atoms with E-state index in [1.807, 2.05) is 43.3 Å². The van der Waals surface area contributed by atoms with Gasteiger partial charge in [-0.2, -0.15) is 5.10 Å². The number of nitrogens with one attached hydrogen (secondary N) is 2. The maximum atomic E-state index is 11.5. The molecule has 7 nitrogen and oxygen atoms in total. The number of esters is 1. The number of methoxy groups -OCH3 is 2. The summed E-state index contributed by atoms with van der Waals surface area (Å²) in [5, 5.41) is 7.63. The summed E-state index contributed by atoms with van der Waals surface area (Å²) in [4.78, 5) is 11.5. The van der Waals surface area contributed by atoms with Crippen LogP contribution in [-0.4, -0.2) is 44.2 Å². The van der Waals surface area contributed by atoms with Crippen LogP contribution in [0.1, 0.15) is 28.4 Å². The predicted octanol–water partition coefficient (Wildman–Crippen LogP) is 2.89. The fourth-order valence-electron chi connectivity index (χ4n) is 2.44. The highest BCUT2D eigenvalue weighted by Crippen LogP contribution is 2.18. The van der Waals surface area contributed by atoms with Gasteiger partial charge in [0.25, 0.3) is 0 Å². The largest absolute Gasteiger partial charge is 0.488 e. The van der Waals surface area contributed by atoms with Crippen molar-refractivity contribution in [3.8, 4) is 5.75 Å². The topological polar surface area (TPSA) is 81.2 Å². The van der Waals surface area contributed by atoms with Crippen LogP contribution in [0.15, 0.2) is 53.6 Å². The molecule has 8 heteroatoms. The highest BCUT2D eigenvalue weighted by Gasteiger charge is 2.06. The number of hydrogen-bond donors (Lipinski definition) is 2. The zero-order valence-electron chi connectivity index (χ0n) is 16.7. The van der Waals surface area contributed by atoms with Crippen LogP contribution in [0.25, 0.3) is 0 Å². The molecule has 0 aliphatic heterocycles. The van der Waals surface area contributed by atoms with Crippen molar-refractivity contribution >= 4 is 29.5 Å². The van der Waals surface area contributed by atoms with E-state index in [2.05, 4.69) is 15.8 Å². The van der Waals surface area contributed by atoms with Crippen molar-refractivity contribution in [1.29, 1.82) is 0 Å². The maximum absolute atomic E-state index is 11.5. The molecule has 2 aromatic rings. The first kappa shape index (κ1) is 22.3. The molecule has 0 bridgehead atoms. The van der Waals surface area contributed by atoms with Crippen molar-refractivity contribution in [2.45, 2.75) is 19.6 Å². The molecule has 0 spiro atoms. The second-order valence-electron chi connectivity index (χ2n) is 6.21. The van der Waals surface area contributed by atoms with Crippen molar-refractivity contribution in [1.82, 2.24) is 10.7 Å². The summed E-state index contributed by atoms with van der Waals surface area (Å²) in [7, 11) is 2.99. The minimum Gasteiger partial charge on any atom is -0.488 e. The van der Waals surface area contributed by atoms with Crippen molar-refractivity contribution < 1.29 is 19.0 Å². The lowest BCUT2D eigenvalue weighted by Crippen LogP contribution is -2.40. The van der Waals surface area contributed by atoms with Gasteiger partial charge >= 0.3 is 5.97 Å². The standard InChI is InChI=1S/C21H25N3O4S/c1-15(13-26-2)23-21(29)24-22-12-18-6-4-5-7-19(18)28-14-16-8-10-17(11-9-16)20(25)27-3/h4-12,15H,13-14H2,1-3H3,(H2,23,24,29)/b22-12-/t15-/m1/s1. The Morgan fingerprint density at radius 1 is 1.17 bits per heavy atom. The lowest BCUT2D eigenvalue weighted by Gasteiger charge is -2.14. The smallest absolute Gasteiger partial charge is 0.337 e. The fraction of sp³-hybridized carbons (Fsp3) is 0.286. The molecule has 0 saturated carbocycles. The number of carbonyl (C=O) groups excluding carboxylic acids is 1. The molecule has 0 aliphatic rings. The Kier molecular flexibility index (Phi) is 9.07. The van der Waals surface area contributed by atoms with Gasteiger partial charge in [-0.25, -0.2) is 4.79 Å². The summed E-state index contributed by atoms with van der Waals surface area (Å²) in [6, 6.07) is 14.7. The molecular formula is C21H25N3O4S. The molecule has 154 valence electrons. The molecule has 1 atom stereocenters. The SMILES string of the molecule is COC[C@@H](C)NC(=S)N/N=C\c1ccccc1OCc1ccc(C(=O)OC)cc1. The van der Waals surface area contributed by atoms with Crippen LogP contribution >= 0.6 is 12.2 Å². The summed E-state index contributed by atoms with van der Waals surface area (Å²) in [6.07, 6.45) is 1.64. The molecule has 0 heterocycles. The summed E-state index contributed by atoms with van der Waals surface area (Å²) < 4.78 is 15.7. The van der Waals surface area contributed by atoms with E-state index in [9.17, 15) is 4.79 Å². The first-order valence-electron chi connectivity index (χ1n) is 9.01. The van der Waals surface area contributed by atoms with Crippen LogP contribution in [0.5, 0.6) is 5.75 Å². The van der Waals surface area contributed by atoms with Crippen LogP contribution in [0.4, 0.5) is 0 Å². The van der Waals surface area contributed by atoms with Gasteiger partial charge < -0.3 is 19.5 Å². The van der Waals surface area contributed by atoms with E-state index < -0.39 is 0 Å². The highest BCUT2D eigenvalue weighted by atomic mass is 32.1. The minimum absolute atomic E-state index is 0.0800. The molecular weight excluding hydrogens is 390 g/mol. The van der Waals surface area contributed by atoms with Gasteiger partial charge in [-0.15, -0.1) is 0 Å². The van der Waals surface area contributed by atoms with Crippen LogP contribution in [0, 0.1) is 0 Å². The summed E-state index contributed by atoms with van der Waals surface area (Å²) in [5.41, 5.74) is 5.01. The fourth-order valence-corrected chi connectivity index (χ4v) is 2.70. The van der Waals surface area contributed by atoms with E-state index in [-0.39, 0.29) is 12.0 Å². The zero-order chi connectivity index (χ0) is 21.1. The van der Waals surface area contributed by atoms with E-state index in [1.54, 1.807) is 25.5 Å². The first-order valence-corrected chi connectivity index (χ1v) is 9.42. The minimum atomic E-state index is -0.365. The number of ether oxygens (including phenoxy) is 3. The van der Waals surface area contributed by atoms with Crippen molar-refractivity contribution in [2.24, 2.45) is 5.10 Å². The zero-order valence-corrected chi connectivity index (χ0v) is 17.5. The Morgan fingerprint density at radius 2 is 1.90 bits per heavy atom. The van der Waals surface area contributed by atoms with E-state index in [4.69, 9.17) is 26.4 Å². The Hall–Kier alpha value is -2.97. The molecule has 2 aromatic carbocycles. The third kappa shape index (κ3) is 7.52. The predicted molar refractivity (Wildman–Crippen MR) is 116 cm³/mol. The molecule has 0 aromatic heterocycles. The van der Waals surface area contributed by atoms with Crippen molar-refractivity contribution in [3.05, 3.63) is 65.2 Å². The first-order chi connectivity index (χ1) is 14.0. The number of thiocarbonyl (C=S) groups is 1. The van der Waals surface area contributed by atoms with Crippen LogP contribution < -0.4 is 15.5 Å². The normalized spacial score (nSPS) is 11.7. The second-order valence-corrected chi connectivity index (χ2v) is 6.62. The molecule has 0 fully saturated rings. The van der Waals surface area contributed by atoms with Crippen molar-refractivity contribution in [3.63, 3.8) is 0 Å². The summed E-state index contributed by atoms with van der Waals surface area (Å²) in [5.74, 6) is 0.317. The lowest BCUT2D eigenvalue weighted by molar-refractivity contribution is 0.0600. The number of para-hydroxylation sites is 1. The van der Waals surface area contributed by atoms with Gasteiger partial charge in [0.05, 0.1) is 25.5 Å². The second kappa shape index (κ2) is 11.8. The number of nitrogens with zero attached hydrogens (tertiary/aromatic N) is 1. The molecule has 0 aliphatic carbocycles. The maximum Gasteiger partial charge on any atom is 0.337 e. The Morgan fingerprint density at radius 3 is 2.59 bits per heavy atom. The van der Waals surface area contributed by atoms with Gasteiger partial charge in [0.2, 0.25) is 0 Å². The third-order valence-electron chi connectivity index (χ3n) is 3.85. The molecule has 2 N–H and O–H groups in total. The average molecular weight is 416 g/mol. The quantitative estimate of drug-likeness (QED) is 0.282. The van der Waals surface area contributed by atoms with E-state index >= 15 is 0 Å². The Balaban J connectivity index is 1.93. The number of rotatable bonds is 9. The van der Waals surface area contributed by atoms with Gasteiger partial charge in [-0.05, 0) is 49.0 Å². The average Bonchev–Trinajstić information content (AvgIpc) is 2.73. The molecule has 0 unspecified atom stereocenters. The highest BCUT2D eigenvalue weighted by molar-refractivity contribution is 7.80. The molecule has 2 rings (SSSR count). The van der Waals surface area contributed by atoms with Gasteiger partial charge in [-0.3, -0.25) is 5.43 Å². The molecule has 0 amide bonds. The Labute approximate surface area is 176 Å². The van der Waals surface area contributed by atoms with E-state index in [0.29, 0.717) is 29.6 Å². The number of hydrazone groups is 1. The Bertz CT molecular complexity index is 840. The van der Waals surface area contributed by atoms with Crippen LogP contribution in [0.2, 0.25) is 0 Å². The molecule has 0 radical (unpaired) electrons. The van der Waals surface area contributed by atoms with Gasteiger partial charge in [0.15, 0.2) is 5.11 Å². The summed E-state index contributed by atoms with van der Waals surface area (Å²) in [6.45, 7) is 2.86. The lowest BCUT2D eigenvalue weighted by atomic mass is 10.1. The molecule has 29 heavy (non-hydrogen) atoms. The van der Waals surface area contributed by atoms with Crippen molar-refractivity contribution in [2.75, 3.05) is 20.8 Å². The number of carbonyl (C=O) groups is 1. The van der Waals surface area contributed by atoms with Gasteiger partial charge in [0, 0.05) is 18.7 Å².